The Morgan fingerprint density at radius 2 is 2.04 bits per heavy atom. The summed E-state index contributed by atoms with van der Waals surface area (Å²) in [4.78, 5) is 12.2. The minimum absolute atomic E-state index is 0.0840. The van der Waals surface area contributed by atoms with Crippen LogP contribution >= 0.6 is 0 Å². The van der Waals surface area contributed by atoms with Gasteiger partial charge in [0, 0.05) is 30.4 Å². The summed E-state index contributed by atoms with van der Waals surface area (Å²) in [5.74, 6) is 0.990. The molecule has 0 fully saturated rings. The number of ether oxygens (including phenoxy) is 2. The molecule has 0 spiro atoms. The number of aromatic nitrogens is 2. The van der Waals surface area contributed by atoms with Gasteiger partial charge in [-0.1, -0.05) is 0 Å². The van der Waals surface area contributed by atoms with Crippen LogP contribution in [0.1, 0.15) is 28.6 Å². The van der Waals surface area contributed by atoms with E-state index in [1.54, 1.807) is 30.0 Å². The molecule has 136 valence electrons. The average Bonchev–Trinajstić information content (AvgIpc) is 2.85. The van der Waals surface area contributed by atoms with E-state index in [9.17, 15) is 9.90 Å². The zero-order chi connectivity index (χ0) is 18.6. The lowest BCUT2D eigenvalue weighted by atomic mass is 10.1. The number of hydrogen-bond acceptors (Lipinski definition) is 5. The number of hydrogen-bond donors (Lipinski definition) is 2. The van der Waals surface area contributed by atoms with Gasteiger partial charge in [0.15, 0.2) is 0 Å². The summed E-state index contributed by atoms with van der Waals surface area (Å²) in [7, 11) is 4.94. The molecule has 1 aromatic heterocycles. The number of aryl methyl sites for hydroxylation is 2. The molecule has 0 aliphatic carbocycles. The number of nitrogens with one attached hydrogen (secondary N) is 1. The van der Waals surface area contributed by atoms with Gasteiger partial charge in [-0.15, -0.1) is 0 Å². The van der Waals surface area contributed by atoms with E-state index in [0.717, 1.165) is 17.0 Å². The minimum Gasteiger partial charge on any atom is -0.497 e. The van der Waals surface area contributed by atoms with Crippen molar-refractivity contribution in [3.63, 3.8) is 0 Å². The van der Waals surface area contributed by atoms with E-state index < -0.39 is 6.10 Å². The van der Waals surface area contributed by atoms with Crippen molar-refractivity contribution in [3.8, 4) is 11.5 Å². The van der Waals surface area contributed by atoms with Gasteiger partial charge in [-0.05, 0) is 32.0 Å². The molecule has 7 heteroatoms. The van der Waals surface area contributed by atoms with Crippen LogP contribution in [-0.2, 0) is 18.3 Å². The first-order valence-electron chi connectivity index (χ1n) is 8.03. The van der Waals surface area contributed by atoms with Gasteiger partial charge in [0.05, 0.1) is 32.4 Å². The van der Waals surface area contributed by atoms with E-state index in [1.165, 1.54) is 7.11 Å². The van der Waals surface area contributed by atoms with Gasteiger partial charge in [-0.3, -0.25) is 9.48 Å². The lowest BCUT2D eigenvalue weighted by Gasteiger charge is -2.16. The van der Waals surface area contributed by atoms with Crippen molar-refractivity contribution in [2.24, 2.45) is 7.05 Å². The van der Waals surface area contributed by atoms with Crippen molar-refractivity contribution in [3.05, 3.63) is 40.7 Å². The van der Waals surface area contributed by atoms with E-state index in [2.05, 4.69) is 10.4 Å². The van der Waals surface area contributed by atoms with Crippen LogP contribution in [0.5, 0.6) is 11.5 Å². The maximum atomic E-state index is 12.2. The molecule has 1 amide bonds. The van der Waals surface area contributed by atoms with Crippen molar-refractivity contribution in [2.75, 3.05) is 20.8 Å². The van der Waals surface area contributed by atoms with E-state index in [-0.39, 0.29) is 18.9 Å². The molecule has 0 bridgehead atoms. The molecular weight excluding hydrogens is 322 g/mol. The summed E-state index contributed by atoms with van der Waals surface area (Å²) in [5.41, 5.74) is 3.28. The van der Waals surface area contributed by atoms with E-state index in [0.29, 0.717) is 17.1 Å². The third-order valence-corrected chi connectivity index (χ3v) is 4.28. The lowest BCUT2D eigenvalue weighted by Crippen LogP contribution is -2.30. The fraction of sp³-hybridized carbons (Fsp3) is 0.444. The van der Waals surface area contributed by atoms with Gasteiger partial charge in [0.25, 0.3) is 0 Å². The summed E-state index contributed by atoms with van der Waals surface area (Å²) in [6.07, 6.45) is -0.668. The van der Waals surface area contributed by atoms with Crippen molar-refractivity contribution in [2.45, 2.75) is 26.4 Å². The van der Waals surface area contributed by atoms with Gasteiger partial charge in [0.2, 0.25) is 5.91 Å². The standard InChI is InChI=1S/C18H25N3O4/c1-11-14(12(2)21(3)20-11)9-18(23)19-10-16(22)15-8-13(24-4)6-7-17(15)25-5/h6-8,16,22H,9-10H2,1-5H3,(H,19,23)/t16-/m1/s1. The first-order chi connectivity index (χ1) is 11.9. The van der Waals surface area contributed by atoms with Crippen LogP contribution in [-0.4, -0.2) is 41.6 Å². The number of carbonyl (C=O) groups excluding carboxylic acids is 1. The number of benzene rings is 1. The smallest absolute Gasteiger partial charge is 0.224 e. The zero-order valence-corrected chi connectivity index (χ0v) is 15.3. The second-order valence-corrected chi connectivity index (χ2v) is 5.88. The number of carbonyl (C=O) groups is 1. The third kappa shape index (κ3) is 4.30. The van der Waals surface area contributed by atoms with Crippen molar-refractivity contribution in [1.82, 2.24) is 15.1 Å². The Labute approximate surface area is 147 Å². The summed E-state index contributed by atoms with van der Waals surface area (Å²) < 4.78 is 12.2. The SMILES string of the molecule is COc1ccc(OC)c([C@H](O)CNC(=O)Cc2c(C)nn(C)c2C)c1. The summed E-state index contributed by atoms with van der Waals surface area (Å²) >= 11 is 0. The van der Waals surface area contributed by atoms with Gasteiger partial charge in [-0.25, -0.2) is 0 Å². The summed E-state index contributed by atoms with van der Waals surface area (Å²) in [6, 6.07) is 5.17. The third-order valence-electron chi connectivity index (χ3n) is 4.28. The van der Waals surface area contributed by atoms with Crippen LogP contribution in [0.25, 0.3) is 0 Å². The normalized spacial score (nSPS) is 11.9. The van der Waals surface area contributed by atoms with Crippen LogP contribution in [0, 0.1) is 13.8 Å². The predicted octanol–water partition coefficient (Wildman–Crippen LogP) is 1.45. The Balaban J connectivity index is 2.02. The second-order valence-electron chi connectivity index (χ2n) is 5.88. The largest absolute Gasteiger partial charge is 0.497 e. The van der Waals surface area contributed by atoms with Crippen molar-refractivity contribution >= 4 is 5.91 Å². The predicted molar refractivity (Wildman–Crippen MR) is 93.9 cm³/mol. The quantitative estimate of drug-likeness (QED) is 0.792. The van der Waals surface area contributed by atoms with Gasteiger partial charge in [0.1, 0.15) is 11.5 Å². The lowest BCUT2D eigenvalue weighted by molar-refractivity contribution is -0.120. The fourth-order valence-electron chi connectivity index (χ4n) is 2.72. The molecule has 2 rings (SSSR count). The minimum atomic E-state index is -0.898. The molecule has 2 aromatic rings. The molecule has 7 nitrogen and oxygen atoms in total. The van der Waals surface area contributed by atoms with Crippen LogP contribution in [0.15, 0.2) is 18.2 Å². The molecule has 1 heterocycles. The topological polar surface area (TPSA) is 85.6 Å². The van der Waals surface area contributed by atoms with Crippen LogP contribution in [0.4, 0.5) is 0 Å². The number of methoxy groups -OCH3 is 2. The number of rotatable bonds is 7. The highest BCUT2D eigenvalue weighted by atomic mass is 16.5. The fourth-order valence-corrected chi connectivity index (χ4v) is 2.72. The molecule has 25 heavy (non-hydrogen) atoms. The molecule has 0 saturated heterocycles. The molecule has 1 atom stereocenters. The Morgan fingerprint density at radius 1 is 1.32 bits per heavy atom. The maximum absolute atomic E-state index is 12.2. The van der Waals surface area contributed by atoms with Gasteiger partial charge in [-0.2, -0.15) is 5.10 Å². The Kier molecular flexibility index (Phi) is 6.03. The maximum Gasteiger partial charge on any atom is 0.224 e. The number of aliphatic hydroxyl groups is 1. The highest BCUT2D eigenvalue weighted by molar-refractivity contribution is 5.79. The monoisotopic (exact) mass is 347 g/mol. The van der Waals surface area contributed by atoms with Crippen LogP contribution < -0.4 is 14.8 Å². The second kappa shape index (κ2) is 8.02. The van der Waals surface area contributed by atoms with E-state index >= 15 is 0 Å². The number of nitrogens with zero attached hydrogens (tertiary/aromatic N) is 2. The molecule has 0 unspecified atom stereocenters. The summed E-state index contributed by atoms with van der Waals surface area (Å²) in [5, 5.41) is 17.5. The highest BCUT2D eigenvalue weighted by Gasteiger charge is 2.17. The van der Waals surface area contributed by atoms with E-state index in [1.807, 2.05) is 20.9 Å². The number of aliphatic hydroxyl groups excluding tert-OH is 1. The van der Waals surface area contributed by atoms with Crippen LogP contribution in [0.3, 0.4) is 0 Å². The molecule has 2 N–H and O–H groups in total. The highest BCUT2D eigenvalue weighted by Crippen LogP contribution is 2.29. The Morgan fingerprint density at radius 3 is 2.60 bits per heavy atom. The first kappa shape index (κ1) is 18.8. The Hall–Kier alpha value is -2.54. The van der Waals surface area contributed by atoms with Crippen molar-refractivity contribution in [1.29, 1.82) is 0 Å². The molecular formula is C18H25N3O4. The van der Waals surface area contributed by atoms with Crippen LogP contribution in [0.2, 0.25) is 0 Å². The molecule has 1 aromatic carbocycles. The summed E-state index contributed by atoms with van der Waals surface area (Å²) in [6.45, 7) is 3.89. The molecule has 0 aliphatic heterocycles. The first-order valence-corrected chi connectivity index (χ1v) is 8.03. The van der Waals surface area contributed by atoms with E-state index in [4.69, 9.17) is 9.47 Å². The number of amides is 1. The van der Waals surface area contributed by atoms with Gasteiger partial charge < -0.3 is 19.9 Å². The Bertz CT molecular complexity index is 755. The van der Waals surface area contributed by atoms with Gasteiger partial charge >= 0.3 is 0 Å². The zero-order valence-electron chi connectivity index (χ0n) is 15.3. The molecule has 0 radical (unpaired) electrons. The molecule has 0 aliphatic rings. The molecule has 0 saturated carbocycles. The average molecular weight is 347 g/mol. The van der Waals surface area contributed by atoms with Crippen molar-refractivity contribution < 1.29 is 19.4 Å².